The molecule has 0 aromatic heterocycles. The van der Waals surface area contributed by atoms with Crippen molar-refractivity contribution in [1.82, 2.24) is 0 Å². The molecule has 1 aromatic rings. The summed E-state index contributed by atoms with van der Waals surface area (Å²) in [5, 5.41) is 10.9. The predicted molar refractivity (Wildman–Crippen MR) is 67.9 cm³/mol. The second-order valence-electron chi connectivity index (χ2n) is 3.98. The maximum Gasteiger partial charge on any atom is 0.340 e. The van der Waals surface area contributed by atoms with E-state index in [0.717, 1.165) is 19.2 Å². The Kier molecular flexibility index (Phi) is 5.64. The molecule has 0 saturated heterocycles. The molecule has 0 atom stereocenters. The highest BCUT2D eigenvalue weighted by atomic mass is 19.1. The number of rotatable bonds is 6. The first kappa shape index (κ1) is 15.6. The molecule has 2 N–H and O–H groups in total. The molecular formula is C13H14FNO5. The van der Waals surface area contributed by atoms with Crippen LogP contribution in [0.2, 0.25) is 0 Å². The number of carbonyl (C=O) groups is 3. The van der Waals surface area contributed by atoms with Gasteiger partial charge >= 0.3 is 11.9 Å². The van der Waals surface area contributed by atoms with Crippen LogP contribution in [0.4, 0.5) is 10.1 Å². The topological polar surface area (TPSA) is 92.7 Å². The summed E-state index contributed by atoms with van der Waals surface area (Å²) in [6, 6.07) is 3.51. The molecule has 0 aliphatic heterocycles. The Morgan fingerprint density at radius 1 is 1.30 bits per heavy atom. The number of anilines is 1. The van der Waals surface area contributed by atoms with Crippen LogP contribution in [-0.4, -0.2) is 30.1 Å². The summed E-state index contributed by atoms with van der Waals surface area (Å²) in [6.45, 7) is 0. The fourth-order valence-corrected chi connectivity index (χ4v) is 1.49. The molecule has 0 saturated carbocycles. The number of carboxylic acid groups (broad SMARTS) is 1. The number of ether oxygens (including phenoxy) is 1. The standard InChI is InChI=1S/C13H14FNO5/c1-20-13(19)9-7-8(5-6-10(9)14)15-11(16)3-2-4-12(17)18/h5-7H,2-4H2,1H3,(H,15,16)(H,17,18). The maximum atomic E-state index is 13.4. The molecule has 0 aliphatic carbocycles. The van der Waals surface area contributed by atoms with Crippen LogP contribution in [0.25, 0.3) is 0 Å². The molecule has 7 heteroatoms. The minimum absolute atomic E-state index is 0.0250. The maximum absolute atomic E-state index is 13.4. The second-order valence-corrected chi connectivity index (χ2v) is 3.98. The summed E-state index contributed by atoms with van der Waals surface area (Å²) in [7, 11) is 1.12. The Labute approximate surface area is 114 Å². The molecule has 20 heavy (non-hydrogen) atoms. The number of aliphatic carboxylic acids is 1. The number of nitrogens with one attached hydrogen (secondary N) is 1. The van der Waals surface area contributed by atoms with Gasteiger partial charge in [-0.15, -0.1) is 0 Å². The van der Waals surface area contributed by atoms with Gasteiger partial charge in [-0.2, -0.15) is 0 Å². The van der Waals surface area contributed by atoms with Crippen LogP contribution < -0.4 is 5.32 Å². The Hall–Kier alpha value is -2.44. The van der Waals surface area contributed by atoms with Gasteiger partial charge in [0.15, 0.2) is 0 Å². The third-order valence-electron chi connectivity index (χ3n) is 2.45. The van der Waals surface area contributed by atoms with Gasteiger partial charge in [-0.3, -0.25) is 9.59 Å². The monoisotopic (exact) mass is 283 g/mol. The molecule has 0 heterocycles. The van der Waals surface area contributed by atoms with Crippen molar-refractivity contribution in [2.45, 2.75) is 19.3 Å². The van der Waals surface area contributed by atoms with Crippen LogP contribution in [0.5, 0.6) is 0 Å². The Morgan fingerprint density at radius 3 is 2.60 bits per heavy atom. The van der Waals surface area contributed by atoms with Gasteiger partial charge in [0.2, 0.25) is 5.91 Å². The highest BCUT2D eigenvalue weighted by Gasteiger charge is 2.13. The lowest BCUT2D eigenvalue weighted by molar-refractivity contribution is -0.137. The number of benzene rings is 1. The Morgan fingerprint density at radius 2 is 2.00 bits per heavy atom. The first-order valence-corrected chi connectivity index (χ1v) is 5.83. The van der Waals surface area contributed by atoms with E-state index in [1.807, 2.05) is 0 Å². The lowest BCUT2D eigenvalue weighted by Gasteiger charge is -2.07. The van der Waals surface area contributed by atoms with Gasteiger partial charge in [0.05, 0.1) is 12.7 Å². The predicted octanol–water partition coefficient (Wildman–Crippen LogP) is 1.81. The van der Waals surface area contributed by atoms with Crippen molar-refractivity contribution in [2.24, 2.45) is 0 Å². The molecule has 1 rings (SSSR count). The van der Waals surface area contributed by atoms with Crippen molar-refractivity contribution < 1.29 is 28.6 Å². The van der Waals surface area contributed by atoms with E-state index in [2.05, 4.69) is 10.1 Å². The van der Waals surface area contributed by atoms with Gasteiger partial charge in [0, 0.05) is 18.5 Å². The molecule has 0 fully saturated rings. The lowest BCUT2D eigenvalue weighted by atomic mass is 10.1. The molecule has 0 bridgehead atoms. The first-order valence-electron chi connectivity index (χ1n) is 5.83. The third-order valence-corrected chi connectivity index (χ3v) is 2.45. The minimum Gasteiger partial charge on any atom is -0.481 e. The average molecular weight is 283 g/mol. The number of esters is 1. The molecule has 108 valence electrons. The van der Waals surface area contributed by atoms with Crippen molar-refractivity contribution in [1.29, 1.82) is 0 Å². The summed E-state index contributed by atoms with van der Waals surface area (Å²) in [4.78, 5) is 33.1. The molecular weight excluding hydrogens is 269 g/mol. The number of carbonyl (C=O) groups excluding carboxylic acids is 2. The zero-order chi connectivity index (χ0) is 15.1. The highest BCUT2D eigenvalue weighted by Crippen LogP contribution is 2.16. The van der Waals surface area contributed by atoms with Gasteiger partial charge in [-0.1, -0.05) is 0 Å². The quantitative estimate of drug-likeness (QED) is 0.777. The van der Waals surface area contributed by atoms with Crippen molar-refractivity contribution in [2.75, 3.05) is 12.4 Å². The van der Waals surface area contributed by atoms with Crippen LogP contribution in [-0.2, 0) is 14.3 Å². The number of halogens is 1. The molecule has 0 unspecified atom stereocenters. The summed E-state index contributed by atoms with van der Waals surface area (Å²) in [5.41, 5.74) is -0.0389. The van der Waals surface area contributed by atoms with E-state index in [-0.39, 0.29) is 30.5 Å². The minimum atomic E-state index is -0.979. The van der Waals surface area contributed by atoms with Crippen LogP contribution in [0.15, 0.2) is 18.2 Å². The zero-order valence-electron chi connectivity index (χ0n) is 10.8. The fraction of sp³-hybridized carbons (Fsp3) is 0.308. The summed E-state index contributed by atoms with van der Waals surface area (Å²) >= 11 is 0. The van der Waals surface area contributed by atoms with E-state index in [0.29, 0.717) is 0 Å². The third kappa shape index (κ3) is 4.68. The average Bonchev–Trinajstić information content (AvgIpc) is 2.39. The van der Waals surface area contributed by atoms with Gasteiger partial charge in [-0.05, 0) is 24.6 Å². The van der Waals surface area contributed by atoms with Crippen LogP contribution >= 0.6 is 0 Å². The van der Waals surface area contributed by atoms with E-state index in [1.165, 1.54) is 6.07 Å². The number of methoxy groups -OCH3 is 1. The zero-order valence-corrected chi connectivity index (χ0v) is 10.8. The van der Waals surface area contributed by atoms with Crippen molar-refractivity contribution in [3.63, 3.8) is 0 Å². The molecule has 0 aliphatic rings. The van der Waals surface area contributed by atoms with Crippen LogP contribution in [0.1, 0.15) is 29.6 Å². The Balaban J connectivity index is 2.66. The highest BCUT2D eigenvalue weighted by molar-refractivity contribution is 5.94. The van der Waals surface area contributed by atoms with E-state index in [1.54, 1.807) is 0 Å². The summed E-state index contributed by atoms with van der Waals surface area (Å²) in [5.74, 6) is -2.98. The van der Waals surface area contributed by atoms with Gasteiger partial charge < -0.3 is 15.2 Å². The smallest absolute Gasteiger partial charge is 0.340 e. The second kappa shape index (κ2) is 7.22. The Bertz CT molecular complexity index is 529. The molecule has 6 nitrogen and oxygen atoms in total. The van der Waals surface area contributed by atoms with E-state index in [9.17, 15) is 18.8 Å². The van der Waals surface area contributed by atoms with Crippen LogP contribution in [0.3, 0.4) is 0 Å². The van der Waals surface area contributed by atoms with Crippen molar-refractivity contribution in [3.8, 4) is 0 Å². The molecule has 1 aromatic carbocycles. The van der Waals surface area contributed by atoms with Gasteiger partial charge in [0.25, 0.3) is 0 Å². The molecule has 0 radical (unpaired) electrons. The number of hydrogen-bond donors (Lipinski definition) is 2. The number of hydrogen-bond acceptors (Lipinski definition) is 4. The largest absolute Gasteiger partial charge is 0.481 e. The SMILES string of the molecule is COC(=O)c1cc(NC(=O)CCCC(=O)O)ccc1F. The molecule has 1 amide bonds. The normalized spacial score (nSPS) is 9.90. The summed E-state index contributed by atoms with van der Waals surface area (Å²) in [6.07, 6.45) is 0.119. The van der Waals surface area contributed by atoms with E-state index >= 15 is 0 Å². The number of amides is 1. The van der Waals surface area contributed by atoms with Crippen LogP contribution in [0, 0.1) is 5.82 Å². The van der Waals surface area contributed by atoms with Crippen molar-refractivity contribution in [3.05, 3.63) is 29.6 Å². The lowest BCUT2D eigenvalue weighted by Crippen LogP contribution is -2.13. The summed E-state index contributed by atoms with van der Waals surface area (Å²) < 4.78 is 17.8. The molecule has 0 spiro atoms. The number of carboxylic acids is 1. The van der Waals surface area contributed by atoms with E-state index in [4.69, 9.17) is 5.11 Å². The first-order chi connectivity index (χ1) is 9.43. The fourth-order valence-electron chi connectivity index (χ4n) is 1.49. The van der Waals surface area contributed by atoms with E-state index < -0.39 is 23.7 Å². The van der Waals surface area contributed by atoms with Gasteiger partial charge in [-0.25, -0.2) is 9.18 Å². The van der Waals surface area contributed by atoms with Crippen molar-refractivity contribution >= 4 is 23.5 Å². The van der Waals surface area contributed by atoms with Gasteiger partial charge in [0.1, 0.15) is 5.82 Å².